The average molecular weight is 285 g/mol. The Bertz CT molecular complexity index is 738. The van der Waals surface area contributed by atoms with Crippen LogP contribution in [0.15, 0.2) is 42.5 Å². The standard InChI is InChI=1S/C14H11N3O4/c15-13(18)9-3-6-11(14(16)19)12(7-9)8-1-4-10(5-2-8)17(20)21/h1-7H,(H2,15,18)(H2,16,19). The Morgan fingerprint density at radius 3 is 2.05 bits per heavy atom. The minimum Gasteiger partial charge on any atom is -0.366 e. The molecule has 106 valence electrons. The van der Waals surface area contributed by atoms with Gasteiger partial charge in [-0.3, -0.25) is 19.7 Å². The number of hydrogen-bond donors (Lipinski definition) is 2. The zero-order valence-electron chi connectivity index (χ0n) is 10.8. The van der Waals surface area contributed by atoms with Gasteiger partial charge in [-0.05, 0) is 41.5 Å². The molecule has 0 aliphatic carbocycles. The summed E-state index contributed by atoms with van der Waals surface area (Å²) < 4.78 is 0. The lowest BCUT2D eigenvalue weighted by Crippen LogP contribution is -2.15. The van der Waals surface area contributed by atoms with Crippen LogP contribution in [0.1, 0.15) is 20.7 Å². The third-order valence-electron chi connectivity index (χ3n) is 2.96. The molecule has 2 amide bonds. The Balaban J connectivity index is 2.59. The summed E-state index contributed by atoms with van der Waals surface area (Å²) in [5.74, 6) is -1.31. The van der Waals surface area contributed by atoms with E-state index in [4.69, 9.17) is 11.5 Å². The van der Waals surface area contributed by atoms with Crippen molar-refractivity contribution in [3.05, 3.63) is 63.7 Å². The van der Waals surface area contributed by atoms with Gasteiger partial charge in [-0.15, -0.1) is 0 Å². The van der Waals surface area contributed by atoms with Gasteiger partial charge in [0.25, 0.3) is 5.69 Å². The molecule has 2 aromatic carbocycles. The van der Waals surface area contributed by atoms with Crippen molar-refractivity contribution in [2.45, 2.75) is 0 Å². The van der Waals surface area contributed by atoms with Gasteiger partial charge < -0.3 is 11.5 Å². The maximum atomic E-state index is 11.4. The molecule has 21 heavy (non-hydrogen) atoms. The Kier molecular flexibility index (Phi) is 3.66. The Labute approximate surface area is 119 Å². The van der Waals surface area contributed by atoms with E-state index in [1.54, 1.807) is 0 Å². The maximum absolute atomic E-state index is 11.4. The van der Waals surface area contributed by atoms with Gasteiger partial charge in [0.1, 0.15) is 0 Å². The molecule has 2 rings (SSSR count). The third-order valence-corrected chi connectivity index (χ3v) is 2.96. The Hall–Kier alpha value is -3.22. The number of nitrogens with two attached hydrogens (primary N) is 2. The highest BCUT2D eigenvalue weighted by molar-refractivity contribution is 6.02. The van der Waals surface area contributed by atoms with Crippen LogP contribution in [-0.2, 0) is 0 Å². The first-order valence-electron chi connectivity index (χ1n) is 5.88. The van der Waals surface area contributed by atoms with Crippen LogP contribution in [0.3, 0.4) is 0 Å². The summed E-state index contributed by atoms with van der Waals surface area (Å²) in [5.41, 5.74) is 11.8. The molecule has 4 N–H and O–H groups in total. The summed E-state index contributed by atoms with van der Waals surface area (Å²) in [6, 6.07) is 9.80. The van der Waals surface area contributed by atoms with E-state index in [-0.39, 0.29) is 16.8 Å². The molecule has 0 radical (unpaired) electrons. The first-order chi connectivity index (χ1) is 9.90. The molecule has 0 atom stereocenters. The molecule has 0 heterocycles. The van der Waals surface area contributed by atoms with Gasteiger partial charge in [-0.1, -0.05) is 0 Å². The van der Waals surface area contributed by atoms with Crippen LogP contribution in [0.5, 0.6) is 0 Å². The summed E-state index contributed by atoms with van der Waals surface area (Å²) in [4.78, 5) is 32.8. The predicted molar refractivity (Wildman–Crippen MR) is 75.6 cm³/mol. The number of nitrogens with zero attached hydrogens (tertiary/aromatic N) is 1. The van der Waals surface area contributed by atoms with E-state index >= 15 is 0 Å². The van der Waals surface area contributed by atoms with Gasteiger partial charge in [0.05, 0.1) is 4.92 Å². The van der Waals surface area contributed by atoms with Crippen LogP contribution in [0, 0.1) is 10.1 Å². The maximum Gasteiger partial charge on any atom is 0.269 e. The van der Waals surface area contributed by atoms with Gasteiger partial charge in [-0.2, -0.15) is 0 Å². The second kappa shape index (κ2) is 5.41. The number of benzene rings is 2. The van der Waals surface area contributed by atoms with Crippen molar-refractivity contribution < 1.29 is 14.5 Å². The van der Waals surface area contributed by atoms with Crippen LogP contribution >= 0.6 is 0 Å². The average Bonchev–Trinajstić information content (AvgIpc) is 2.46. The van der Waals surface area contributed by atoms with E-state index in [2.05, 4.69) is 0 Å². The molecule has 0 aliphatic rings. The molecule has 0 unspecified atom stereocenters. The van der Waals surface area contributed by atoms with E-state index in [9.17, 15) is 19.7 Å². The summed E-state index contributed by atoms with van der Waals surface area (Å²) in [5, 5.41) is 10.6. The quantitative estimate of drug-likeness (QED) is 0.650. The number of nitro benzene ring substituents is 1. The number of carbonyl (C=O) groups is 2. The fourth-order valence-electron chi connectivity index (χ4n) is 1.91. The number of amides is 2. The van der Waals surface area contributed by atoms with Crippen LogP contribution < -0.4 is 11.5 Å². The van der Waals surface area contributed by atoms with Crippen LogP contribution in [0.4, 0.5) is 5.69 Å². The number of rotatable bonds is 4. The first-order valence-corrected chi connectivity index (χ1v) is 5.88. The molecule has 0 bridgehead atoms. The molecule has 2 aromatic rings. The zero-order chi connectivity index (χ0) is 15.6. The summed E-state index contributed by atoms with van der Waals surface area (Å²) >= 11 is 0. The topological polar surface area (TPSA) is 129 Å². The summed E-state index contributed by atoms with van der Waals surface area (Å²) in [6.07, 6.45) is 0. The minimum absolute atomic E-state index is 0.0783. The van der Waals surface area contributed by atoms with Crippen molar-refractivity contribution >= 4 is 17.5 Å². The highest BCUT2D eigenvalue weighted by Gasteiger charge is 2.14. The molecule has 0 fully saturated rings. The molecule has 0 aromatic heterocycles. The monoisotopic (exact) mass is 285 g/mol. The third kappa shape index (κ3) is 2.86. The lowest BCUT2D eigenvalue weighted by atomic mass is 9.96. The molecule has 0 spiro atoms. The van der Waals surface area contributed by atoms with Gasteiger partial charge >= 0.3 is 0 Å². The molecule has 0 saturated carbocycles. The van der Waals surface area contributed by atoms with Crippen molar-refractivity contribution in [3.63, 3.8) is 0 Å². The van der Waals surface area contributed by atoms with Gasteiger partial charge in [0.15, 0.2) is 0 Å². The van der Waals surface area contributed by atoms with E-state index < -0.39 is 16.7 Å². The fraction of sp³-hybridized carbons (Fsp3) is 0. The van der Waals surface area contributed by atoms with E-state index in [0.717, 1.165) is 0 Å². The fourth-order valence-corrected chi connectivity index (χ4v) is 1.91. The Morgan fingerprint density at radius 1 is 0.952 bits per heavy atom. The van der Waals surface area contributed by atoms with Crippen LogP contribution in [0.2, 0.25) is 0 Å². The van der Waals surface area contributed by atoms with E-state index in [1.165, 1.54) is 42.5 Å². The van der Waals surface area contributed by atoms with Crippen molar-refractivity contribution in [1.82, 2.24) is 0 Å². The highest BCUT2D eigenvalue weighted by atomic mass is 16.6. The normalized spacial score (nSPS) is 10.1. The SMILES string of the molecule is NC(=O)c1ccc(C(N)=O)c(-c2ccc([N+](=O)[O-])cc2)c1. The van der Waals surface area contributed by atoms with Gasteiger partial charge in [-0.25, -0.2) is 0 Å². The summed E-state index contributed by atoms with van der Waals surface area (Å²) in [7, 11) is 0. The highest BCUT2D eigenvalue weighted by Crippen LogP contribution is 2.26. The van der Waals surface area contributed by atoms with E-state index in [1.807, 2.05) is 0 Å². The minimum atomic E-state index is -0.667. The van der Waals surface area contributed by atoms with E-state index in [0.29, 0.717) is 11.1 Å². The number of nitro groups is 1. The van der Waals surface area contributed by atoms with Crippen LogP contribution in [0.25, 0.3) is 11.1 Å². The molecule has 7 nitrogen and oxygen atoms in total. The summed E-state index contributed by atoms with van der Waals surface area (Å²) in [6.45, 7) is 0. The number of hydrogen-bond acceptors (Lipinski definition) is 4. The molecular weight excluding hydrogens is 274 g/mol. The predicted octanol–water partition coefficient (Wildman–Crippen LogP) is 1.46. The van der Waals surface area contributed by atoms with Crippen molar-refractivity contribution in [2.75, 3.05) is 0 Å². The van der Waals surface area contributed by atoms with Crippen molar-refractivity contribution in [1.29, 1.82) is 0 Å². The smallest absolute Gasteiger partial charge is 0.269 e. The molecule has 7 heteroatoms. The second-order valence-corrected chi connectivity index (χ2v) is 4.29. The first kappa shape index (κ1) is 14.2. The van der Waals surface area contributed by atoms with Gasteiger partial charge in [0.2, 0.25) is 11.8 Å². The number of primary amides is 2. The van der Waals surface area contributed by atoms with Crippen molar-refractivity contribution in [2.24, 2.45) is 11.5 Å². The van der Waals surface area contributed by atoms with Crippen molar-refractivity contribution in [3.8, 4) is 11.1 Å². The zero-order valence-corrected chi connectivity index (χ0v) is 10.8. The van der Waals surface area contributed by atoms with Gasteiger partial charge in [0, 0.05) is 23.3 Å². The molecule has 0 saturated heterocycles. The second-order valence-electron chi connectivity index (χ2n) is 4.29. The largest absolute Gasteiger partial charge is 0.366 e. The van der Waals surface area contributed by atoms with Crippen LogP contribution in [-0.4, -0.2) is 16.7 Å². The number of non-ortho nitro benzene ring substituents is 1. The number of carbonyl (C=O) groups excluding carboxylic acids is 2. The molecular formula is C14H11N3O4. The Morgan fingerprint density at radius 2 is 1.57 bits per heavy atom. The lowest BCUT2D eigenvalue weighted by Gasteiger charge is -2.08. The lowest BCUT2D eigenvalue weighted by molar-refractivity contribution is -0.384. The molecule has 0 aliphatic heterocycles.